The highest BCUT2D eigenvalue weighted by Gasteiger charge is 2.32. The zero-order chi connectivity index (χ0) is 16.3. The molecule has 1 rings (SSSR count). The largest absolute Gasteiger partial charge is 0.312 e. The number of hydrogen-bond donors (Lipinski definition) is 1. The number of nitrogens with one attached hydrogen (secondary N) is 1. The third-order valence-corrected chi connectivity index (χ3v) is 5.22. The predicted molar refractivity (Wildman–Crippen MR) is 94.4 cm³/mol. The highest BCUT2D eigenvalue weighted by molar-refractivity contribution is 7.09. The van der Waals surface area contributed by atoms with Crippen LogP contribution in [0.15, 0.2) is 5.38 Å². The quantitative estimate of drug-likeness (QED) is 0.832. The van der Waals surface area contributed by atoms with E-state index >= 15 is 0 Å². The molecule has 0 spiro atoms. The summed E-state index contributed by atoms with van der Waals surface area (Å²) in [6, 6.07) is 0.409. The van der Waals surface area contributed by atoms with Crippen molar-refractivity contribution in [1.29, 1.82) is 0 Å². The van der Waals surface area contributed by atoms with Crippen molar-refractivity contribution in [2.45, 2.75) is 71.4 Å². The monoisotopic (exact) mass is 311 g/mol. The van der Waals surface area contributed by atoms with E-state index in [0.29, 0.717) is 6.04 Å². The second-order valence-corrected chi connectivity index (χ2v) is 8.58. The van der Waals surface area contributed by atoms with Gasteiger partial charge in [0.1, 0.15) is 0 Å². The van der Waals surface area contributed by atoms with Crippen LogP contribution in [0, 0.1) is 0 Å². The zero-order valence-corrected chi connectivity index (χ0v) is 15.9. The molecule has 0 saturated heterocycles. The smallest absolute Gasteiger partial charge is 0.0944 e. The van der Waals surface area contributed by atoms with Crippen molar-refractivity contribution in [2.75, 3.05) is 20.6 Å². The minimum atomic E-state index is 0.0999. The summed E-state index contributed by atoms with van der Waals surface area (Å²) in [5.41, 5.74) is 1.44. The Bertz CT molecular complexity index is 429. The van der Waals surface area contributed by atoms with Crippen LogP contribution in [-0.2, 0) is 11.8 Å². The van der Waals surface area contributed by atoms with Crippen molar-refractivity contribution < 1.29 is 0 Å². The molecular formula is C17H33N3S. The molecule has 3 nitrogen and oxygen atoms in total. The maximum Gasteiger partial charge on any atom is 0.0944 e. The number of aromatic nitrogens is 1. The highest BCUT2D eigenvalue weighted by Crippen LogP contribution is 2.26. The second-order valence-electron chi connectivity index (χ2n) is 7.64. The predicted octanol–water partition coefficient (Wildman–Crippen LogP) is 3.69. The van der Waals surface area contributed by atoms with Crippen LogP contribution in [-0.4, -0.2) is 42.1 Å². The van der Waals surface area contributed by atoms with Gasteiger partial charge in [-0.2, -0.15) is 0 Å². The van der Waals surface area contributed by atoms with Gasteiger partial charge in [-0.15, -0.1) is 11.3 Å². The molecule has 4 heteroatoms. The average molecular weight is 312 g/mol. The van der Waals surface area contributed by atoms with Crippen molar-refractivity contribution in [1.82, 2.24) is 15.2 Å². The number of thiazole rings is 1. The van der Waals surface area contributed by atoms with Gasteiger partial charge in [0.2, 0.25) is 0 Å². The van der Waals surface area contributed by atoms with Gasteiger partial charge in [0.25, 0.3) is 0 Å². The van der Waals surface area contributed by atoms with Crippen LogP contribution >= 0.6 is 11.3 Å². The van der Waals surface area contributed by atoms with Crippen molar-refractivity contribution in [3.8, 4) is 0 Å². The van der Waals surface area contributed by atoms with E-state index in [1.54, 1.807) is 11.3 Å². The van der Waals surface area contributed by atoms with Crippen molar-refractivity contribution in [3.05, 3.63) is 16.1 Å². The lowest BCUT2D eigenvalue weighted by Crippen LogP contribution is -2.56. The summed E-state index contributed by atoms with van der Waals surface area (Å²) in [6.07, 6.45) is 2.15. The first-order valence-corrected chi connectivity index (χ1v) is 8.82. The molecule has 1 heterocycles. The minimum absolute atomic E-state index is 0.0999. The number of hydrogen-bond acceptors (Lipinski definition) is 4. The van der Waals surface area contributed by atoms with E-state index in [0.717, 1.165) is 19.4 Å². The van der Waals surface area contributed by atoms with Crippen LogP contribution in [0.3, 0.4) is 0 Å². The first-order chi connectivity index (χ1) is 9.59. The molecule has 0 saturated carbocycles. The maximum atomic E-state index is 4.86. The van der Waals surface area contributed by atoms with Crippen LogP contribution in [0.25, 0.3) is 0 Å². The summed E-state index contributed by atoms with van der Waals surface area (Å²) < 4.78 is 0. The molecule has 1 N–H and O–H groups in total. The van der Waals surface area contributed by atoms with Crippen molar-refractivity contribution in [2.24, 2.45) is 0 Å². The lowest BCUT2D eigenvalue weighted by atomic mass is 9.90. The topological polar surface area (TPSA) is 28.2 Å². The first-order valence-electron chi connectivity index (χ1n) is 7.94. The van der Waals surface area contributed by atoms with Crippen LogP contribution in [0.4, 0.5) is 0 Å². The summed E-state index contributed by atoms with van der Waals surface area (Å²) in [7, 11) is 4.31. The van der Waals surface area contributed by atoms with E-state index in [1.165, 1.54) is 10.7 Å². The van der Waals surface area contributed by atoms with E-state index in [1.807, 2.05) is 0 Å². The Hall–Kier alpha value is -0.450. The number of rotatable bonds is 7. The second kappa shape index (κ2) is 7.21. The fraction of sp³-hybridized carbons (Fsp3) is 0.824. The van der Waals surface area contributed by atoms with Crippen molar-refractivity contribution in [3.63, 3.8) is 0 Å². The molecule has 0 aromatic carbocycles. The molecule has 1 unspecified atom stereocenters. The Balaban J connectivity index is 2.89. The molecule has 122 valence electrons. The van der Waals surface area contributed by atoms with Gasteiger partial charge in [0, 0.05) is 28.8 Å². The molecule has 0 amide bonds. The van der Waals surface area contributed by atoms with E-state index < -0.39 is 0 Å². The summed E-state index contributed by atoms with van der Waals surface area (Å²) >= 11 is 1.80. The average Bonchev–Trinajstić information content (AvgIpc) is 2.82. The van der Waals surface area contributed by atoms with Gasteiger partial charge < -0.3 is 10.2 Å². The van der Waals surface area contributed by atoms with Crippen molar-refractivity contribution >= 4 is 11.3 Å². The highest BCUT2D eigenvalue weighted by atomic mass is 32.1. The van der Waals surface area contributed by atoms with Crippen LogP contribution in [0.5, 0.6) is 0 Å². The third kappa shape index (κ3) is 5.04. The molecule has 0 aliphatic carbocycles. The van der Waals surface area contributed by atoms with Gasteiger partial charge in [-0.1, -0.05) is 27.7 Å². The minimum Gasteiger partial charge on any atom is -0.312 e. The van der Waals surface area contributed by atoms with Gasteiger partial charge >= 0.3 is 0 Å². The summed E-state index contributed by atoms with van der Waals surface area (Å²) in [4.78, 5) is 7.17. The molecular weight excluding hydrogens is 278 g/mol. The van der Waals surface area contributed by atoms with Gasteiger partial charge in [-0.25, -0.2) is 4.98 Å². The van der Waals surface area contributed by atoms with Gasteiger partial charge in [0.05, 0.1) is 10.7 Å². The Morgan fingerprint density at radius 2 is 1.86 bits per heavy atom. The molecule has 0 fully saturated rings. The molecule has 21 heavy (non-hydrogen) atoms. The lowest BCUT2D eigenvalue weighted by molar-refractivity contribution is 0.137. The Morgan fingerprint density at radius 3 is 2.29 bits per heavy atom. The standard InChI is InChI=1S/C17H33N3S/c1-9-10-18-13(17(5,6)20(7)8)11-15-19-14(12-21-15)16(2,3)4/h12-13,18H,9-11H2,1-8H3. The molecule has 0 aliphatic rings. The Kier molecular flexibility index (Phi) is 6.38. The zero-order valence-electron chi connectivity index (χ0n) is 15.1. The third-order valence-electron chi connectivity index (χ3n) is 4.35. The Morgan fingerprint density at radius 1 is 1.24 bits per heavy atom. The lowest BCUT2D eigenvalue weighted by Gasteiger charge is -2.40. The first kappa shape index (κ1) is 18.6. The molecule has 0 radical (unpaired) electrons. The van der Waals surface area contributed by atoms with Crippen LogP contribution < -0.4 is 5.32 Å². The molecule has 1 aromatic rings. The van der Waals surface area contributed by atoms with E-state index in [9.17, 15) is 0 Å². The van der Waals surface area contributed by atoms with Crippen LogP contribution in [0.2, 0.25) is 0 Å². The van der Waals surface area contributed by atoms with Crippen LogP contribution in [0.1, 0.15) is 58.7 Å². The van der Waals surface area contributed by atoms with Gasteiger partial charge in [0.15, 0.2) is 0 Å². The molecule has 1 aromatic heterocycles. The molecule has 1 atom stereocenters. The van der Waals surface area contributed by atoms with E-state index in [-0.39, 0.29) is 11.0 Å². The summed E-state index contributed by atoms with van der Waals surface area (Å²) in [5, 5.41) is 7.17. The Labute approximate surface area is 135 Å². The fourth-order valence-corrected chi connectivity index (χ4v) is 3.19. The normalized spacial score (nSPS) is 14.7. The van der Waals surface area contributed by atoms with Gasteiger partial charge in [-0.05, 0) is 40.9 Å². The summed E-state index contributed by atoms with van der Waals surface area (Å²) in [5.74, 6) is 0. The van der Waals surface area contributed by atoms with E-state index in [2.05, 4.69) is 71.2 Å². The maximum absolute atomic E-state index is 4.86. The summed E-state index contributed by atoms with van der Waals surface area (Å²) in [6.45, 7) is 14.6. The number of nitrogens with zero attached hydrogens (tertiary/aromatic N) is 2. The SMILES string of the molecule is CCCNC(Cc1nc(C(C)(C)C)cs1)C(C)(C)N(C)C. The molecule has 0 aliphatic heterocycles. The number of likely N-dealkylation sites (N-methyl/N-ethyl adjacent to an activating group) is 1. The van der Waals surface area contributed by atoms with Gasteiger partial charge in [-0.3, -0.25) is 0 Å². The fourth-order valence-electron chi connectivity index (χ4n) is 2.13. The molecule has 0 bridgehead atoms. The van der Waals surface area contributed by atoms with E-state index in [4.69, 9.17) is 4.98 Å².